The molecule has 31 heavy (non-hydrogen) atoms. The van der Waals surface area contributed by atoms with Crippen molar-refractivity contribution in [3.05, 3.63) is 41.4 Å². The molecule has 1 atom stereocenters. The molecule has 0 radical (unpaired) electrons. The molecule has 166 valence electrons. The number of ether oxygens (including phenoxy) is 1. The van der Waals surface area contributed by atoms with E-state index in [1.54, 1.807) is 30.5 Å². The van der Waals surface area contributed by atoms with Crippen LogP contribution in [-0.2, 0) is 35.6 Å². The Labute approximate surface area is 183 Å². The van der Waals surface area contributed by atoms with Gasteiger partial charge in [-0.15, -0.1) is 11.3 Å². The van der Waals surface area contributed by atoms with Crippen LogP contribution in [-0.4, -0.2) is 61.2 Å². The molecule has 3 rings (SSSR count). The van der Waals surface area contributed by atoms with E-state index >= 15 is 0 Å². The predicted octanol–water partition coefficient (Wildman–Crippen LogP) is 0.767. The zero-order chi connectivity index (χ0) is 22.4. The number of benzene rings is 1. The highest BCUT2D eigenvalue weighted by molar-refractivity contribution is 7.89. The van der Waals surface area contributed by atoms with E-state index in [1.807, 2.05) is 0 Å². The number of carbonyl (C=O) groups excluding carboxylic acids is 3. The van der Waals surface area contributed by atoms with Crippen LogP contribution in [0.3, 0.4) is 0 Å². The summed E-state index contributed by atoms with van der Waals surface area (Å²) < 4.78 is 31.9. The minimum atomic E-state index is -3.95. The highest BCUT2D eigenvalue weighted by atomic mass is 32.2. The lowest BCUT2D eigenvalue weighted by atomic mass is 10.1. The first-order valence-electron chi connectivity index (χ1n) is 9.55. The van der Waals surface area contributed by atoms with E-state index in [0.717, 1.165) is 15.6 Å². The number of nitrogens with one attached hydrogen (secondary N) is 2. The summed E-state index contributed by atoms with van der Waals surface area (Å²) in [5.41, 5.74) is 0.447. The van der Waals surface area contributed by atoms with Gasteiger partial charge in [-0.25, -0.2) is 13.4 Å². The summed E-state index contributed by atoms with van der Waals surface area (Å²) in [6.07, 6.45) is -0.390. The topological polar surface area (TPSA) is 135 Å². The third-order valence-electron chi connectivity index (χ3n) is 4.44. The monoisotopic (exact) mass is 466 g/mol. The van der Waals surface area contributed by atoms with Gasteiger partial charge in [0.05, 0.1) is 30.0 Å². The van der Waals surface area contributed by atoms with Gasteiger partial charge in [0.1, 0.15) is 6.04 Å². The average Bonchev–Trinajstić information content (AvgIpc) is 3.16. The maximum atomic E-state index is 13.0. The van der Waals surface area contributed by atoms with Crippen molar-refractivity contribution >= 4 is 44.3 Å². The summed E-state index contributed by atoms with van der Waals surface area (Å²) in [6.45, 7) is 2.18. The van der Waals surface area contributed by atoms with Crippen molar-refractivity contribution in [2.45, 2.75) is 30.7 Å². The predicted molar refractivity (Wildman–Crippen MR) is 113 cm³/mol. The number of amides is 2. The van der Waals surface area contributed by atoms with Gasteiger partial charge in [-0.3, -0.25) is 14.4 Å². The van der Waals surface area contributed by atoms with Crippen molar-refractivity contribution in [3.63, 3.8) is 0 Å². The highest BCUT2D eigenvalue weighted by Gasteiger charge is 2.39. The normalized spacial score (nSPS) is 17.1. The number of piperazine rings is 1. The number of carbonyl (C=O) groups is 3. The Morgan fingerprint density at radius 3 is 2.77 bits per heavy atom. The van der Waals surface area contributed by atoms with Crippen molar-refractivity contribution in [3.8, 4) is 0 Å². The molecule has 0 spiro atoms. The molecular weight excluding hydrogens is 444 g/mol. The number of rotatable bonds is 8. The molecule has 2 amide bonds. The van der Waals surface area contributed by atoms with Gasteiger partial charge in [-0.2, -0.15) is 4.31 Å². The van der Waals surface area contributed by atoms with E-state index in [1.165, 1.54) is 12.1 Å². The summed E-state index contributed by atoms with van der Waals surface area (Å²) in [7, 11) is -3.95. The summed E-state index contributed by atoms with van der Waals surface area (Å²) in [6, 6.07) is 6.58. The summed E-state index contributed by atoms with van der Waals surface area (Å²) in [5.74, 6) is -1.53. The minimum Gasteiger partial charge on any atom is -0.466 e. The standard InChI is InChI=1S/C19H22N4O6S2/c1-2-29-17(25)10-13-12-30-19(21-13)22-16(24)11-15-18(26)20-8-9-23(15)31(27,28)14-6-4-3-5-7-14/h3-7,12,15H,2,8-11H2,1H3,(H,20,26)(H,21,22,24)/t15-/m1/s1. The molecule has 0 bridgehead atoms. The number of esters is 1. The zero-order valence-electron chi connectivity index (χ0n) is 16.7. The van der Waals surface area contributed by atoms with Crippen LogP contribution in [0.2, 0.25) is 0 Å². The van der Waals surface area contributed by atoms with Gasteiger partial charge in [0.2, 0.25) is 21.8 Å². The minimum absolute atomic E-state index is 0.0195. The molecular formula is C19H22N4O6S2. The average molecular weight is 467 g/mol. The van der Waals surface area contributed by atoms with Gasteiger partial charge in [0.15, 0.2) is 5.13 Å². The van der Waals surface area contributed by atoms with Crippen LogP contribution in [0, 0.1) is 0 Å². The van der Waals surface area contributed by atoms with Crippen LogP contribution in [0.4, 0.5) is 5.13 Å². The maximum absolute atomic E-state index is 13.0. The molecule has 2 N–H and O–H groups in total. The van der Waals surface area contributed by atoms with Crippen molar-refractivity contribution < 1.29 is 27.5 Å². The molecule has 0 unspecified atom stereocenters. The SMILES string of the molecule is CCOC(=O)Cc1csc(NC(=O)C[C@@H]2C(=O)NCCN2S(=O)(=O)c2ccccc2)n1. The highest BCUT2D eigenvalue weighted by Crippen LogP contribution is 2.22. The van der Waals surface area contributed by atoms with Crippen molar-refractivity contribution in [1.82, 2.24) is 14.6 Å². The number of hydrogen-bond acceptors (Lipinski definition) is 8. The molecule has 1 aromatic heterocycles. The first-order valence-corrected chi connectivity index (χ1v) is 11.9. The van der Waals surface area contributed by atoms with Crippen molar-refractivity contribution in [2.75, 3.05) is 25.0 Å². The molecule has 2 heterocycles. The number of anilines is 1. The Kier molecular flexibility index (Phi) is 7.36. The van der Waals surface area contributed by atoms with Gasteiger partial charge in [-0.1, -0.05) is 18.2 Å². The third-order valence-corrected chi connectivity index (χ3v) is 7.17. The lowest BCUT2D eigenvalue weighted by Gasteiger charge is -2.33. The number of hydrogen-bond donors (Lipinski definition) is 2. The van der Waals surface area contributed by atoms with E-state index in [9.17, 15) is 22.8 Å². The summed E-state index contributed by atoms with van der Waals surface area (Å²) in [4.78, 5) is 40.7. The Balaban J connectivity index is 1.69. The second-order valence-electron chi connectivity index (χ2n) is 6.61. The van der Waals surface area contributed by atoms with Crippen molar-refractivity contribution in [2.24, 2.45) is 0 Å². The molecule has 1 saturated heterocycles. The number of aromatic nitrogens is 1. The Hall–Kier alpha value is -2.83. The zero-order valence-corrected chi connectivity index (χ0v) is 18.4. The lowest BCUT2D eigenvalue weighted by molar-refractivity contribution is -0.142. The van der Waals surface area contributed by atoms with Crippen LogP contribution in [0.15, 0.2) is 40.6 Å². The van der Waals surface area contributed by atoms with Gasteiger partial charge < -0.3 is 15.4 Å². The van der Waals surface area contributed by atoms with Gasteiger partial charge in [-0.05, 0) is 19.1 Å². The largest absolute Gasteiger partial charge is 0.466 e. The van der Waals surface area contributed by atoms with Gasteiger partial charge in [0.25, 0.3) is 0 Å². The molecule has 2 aromatic rings. The van der Waals surface area contributed by atoms with Crippen molar-refractivity contribution in [1.29, 1.82) is 0 Å². The number of thiazole rings is 1. The third kappa shape index (κ3) is 5.66. The molecule has 1 aliphatic heterocycles. The van der Waals surface area contributed by atoms with Crippen LogP contribution in [0.25, 0.3) is 0 Å². The smallest absolute Gasteiger partial charge is 0.311 e. The van der Waals surface area contributed by atoms with E-state index in [4.69, 9.17) is 4.74 Å². The quantitative estimate of drug-likeness (QED) is 0.549. The summed E-state index contributed by atoms with van der Waals surface area (Å²) in [5, 5.41) is 7.03. The van der Waals surface area contributed by atoms with Crippen LogP contribution < -0.4 is 10.6 Å². The molecule has 12 heteroatoms. The molecule has 0 saturated carbocycles. The van der Waals surface area contributed by atoms with Crippen LogP contribution in [0.5, 0.6) is 0 Å². The molecule has 1 aromatic carbocycles. The Morgan fingerprint density at radius 1 is 1.32 bits per heavy atom. The number of nitrogens with zero attached hydrogens (tertiary/aromatic N) is 2. The summed E-state index contributed by atoms with van der Waals surface area (Å²) >= 11 is 1.12. The van der Waals surface area contributed by atoms with Crippen LogP contribution in [0.1, 0.15) is 19.0 Å². The molecule has 0 aliphatic carbocycles. The molecule has 10 nitrogen and oxygen atoms in total. The Bertz CT molecular complexity index is 1050. The molecule has 1 aliphatic rings. The second-order valence-corrected chi connectivity index (χ2v) is 9.36. The second kappa shape index (κ2) is 9.98. The fraction of sp³-hybridized carbons (Fsp3) is 0.368. The number of sulfonamides is 1. The fourth-order valence-corrected chi connectivity index (χ4v) is 5.39. The van der Waals surface area contributed by atoms with E-state index in [0.29, 0.717) is 5.69 Å². The Morgan fingerprint density at radius 2 is 2.06 bits per heavy atom. The van der Waals surface area contributed by atoms with Gasteiger partial charge in [0, 0.05) is 18.5 Å². The maximum Gasteiger partial charge on any atom is 0.311 e. The van der Waals surface area contributed by atoms with E-state index in [2.05, 4.69) is 15.6 Å². The van der Waals surface area contributed by atoms with E-state index in [-0.39, 0.29) is 42.6 Å². The fourth-order valence-electron chi connectivity index (χ4n) is 3.06. The first-order chi connectivity index (χ1) is 14.8. The van der Waals surface area contributed by atoms with Gasteiger partial charge >= 0.3 is 5.97 Å². The van der Waals surface area contributed by atoms with E-state index < -0.39 is 33.8 Å². The molecule has 1 fully saturated rings. The van der Waals surface area contributed by atoms with Crippen LogP contribution >= 0.6 is 11.3 Å². The lowest BCUT2D eigenvalue weighted by Crippen LogP contribution is -2.57. The first kappa shape index (κ1) is 22.8.